The summed E-state index contributed by atoms with van der Waals surface area (Å²) in [6.45, 7) is 0. The van der Waals surface area contributed by atoms with Gasteiger partial charge in [-0.25, -0.2) is 4.79 Å². The van der Waals surface area contributed by atoms with E-state index in [0.29, 0.717) is 5.69 Å². The second kappa shape index (κ2) is 7.01. The molecule has 0 saturated carbocycles. The molecule has 6 heteroatoms. The lowest BCUT2D eigenvalue weighted by Crippen LogP contribution is -2.19. The van der Waals surface area contributed by atoms with Gasteiger partial charge in [-0.15, -0.1) is 0 Å². The zero-order valence-electron chi connectivity index (χ0n) is 13.7. The van der Waals surface area contributed by atoms with Crippen LogP contribution in [-0.4, -0.2) is 16.0 Å². The van der Waals surface area contributed by atoms with Crippen LogP contribution in [0.25, 0.3) is 22.2 Å². The van der Waals surface area contributed by atoms with Gasteiger partial charge in [-0.2, -0.15) is 0 Å². The molecule has 0 atom stereocenters. The number of halogens is 1. The number of pyridine rings is 1. The summed E-state index contributed by atoms with van der Waals surface area (Å²) in [6, 6.07) is 18.8. The van der Waals surface area contributed by atoms with E-state index >= 15 is 0 Å². The first-order valence-electron chi connectivity index (χ1n) is 8.06. The molecule has 2 heterocycles. The van der Waals surface area contributed by atoms with Gasteiger partial charge in [0.25, 0.3) is 0 Å². The summed E-state index contributed by atoms with van der Waals surface area (Å²) in [6.07, 6.45) is 3.49. The van der Waals surface area contributed by atoms with E-state index in [1.807, 2.05) is 60.7 Å². The molecule has 0 saturated heterocycles. The molecule has 5 nitrogen and oxygen atoms in total. The molecule has 2 aromatic carbocycles. The number of carbonyl (C=O) groups is 1. The Morgan fingerprint density at radius 3 is 2.58 bits per heavy atom. The quantitative estimate of drug-likeness (QED) is 0.412. The highest BCUT2D eigenvalue weighted by Gasteiger charge is 2.16. The number of nitrogens with zero attached hydrogens (tertiary/aromatic N) is 1. The van der Waals surface area contributed by atoms with Gasteiger partial charge in [-0.1, -0.05) is 30.3 Å². The van der Waals surface area contributed by atoms with Crippen molar-refractivity contribution in [2.45, 2.75) is 0 Å². The smallest absolute Gasteiger partial charge is 0.323 e. The number of aromatic nitrogens is 2. The molecule has 2 amide bonds. The van der Waals surface area contributed by atoms with Crippen LogP contribution in [-0.2, 0) is 0 Å². The lowest BCUT2D eigenvalue weighted by atomic mass is 10.1. The summed E-state index contributed by atoms with van der Waals surface area (Å²) < 4.78 is 0.821. The molecule has 3 N–H and O–H groups in total. The molecule has 0 radical (unpaired) electrons. The molecule has 4 aromatic rings. The molecule has 2 aromatic heterocycles. The van der Waals surface area contributed by atoms with Crippen LogP contribution in [0.1, 0.15) is 0 Å². The summed E-state index contributed by atoms with van der Waals surface area (Å²) in [4.78, 5) is 20.1. The van der Waals surface area contributed by atoms with Crippen LogP contribution < -0.4 is 10.6 Å². The van der Waals surface area contributed by atoms with Crippen molar-refractivity contribution in [2.24, 2.45) is 0 Å². The SMILES string of the molecule is O=C(Nc1ccccc1Br)Nc1c(-c2cccnc2)[nH]c2ccccc12. The topological polar surface area (TPSA) is 69.8 Å². The maximum atomic E-state index is 12.6. The fourth-order valence-corrected chi connectivity index (χ4v) is 3.21. The van der Waals surface area contributed by atoms with Crippen molar-refractivity contribution in [2.75, 3.05) is 10.6 Å². The number of hydrogen-bond donors (Lipinski definition) is 3. The highest BCUT2D eigenvalue weighted by atomic mass is 79.9. The van der Waals surface area contributed by atoms with Crippen molar-refractivity contribution in [3.05, 3.63) is 77.5 Å². The van der Waals surface area contributed by atoms with E-state index in [1.165, 1.54) is 0 Å². The first-order valence-corrected chi connectivity index (χ1v) is 8.85. The van der Waals surface area contributed by atoms with Crippen LogP contribution in [0.15, 0.2) is 77.5 Å². The standard InChI is InChI=1S/C20H15BrN4O/c21-15-8-2-4-10-17(15)24-20(26)25-19-14-7-1-3-9-16(14)23-18(19)13-6-5-11-22-12-13/h1-12,23H,(H2,24,25,26). The first kappa shape index (κ1) is 16.4. The van der Waals surface area contributed by atoms with Crippen molar-refractivity contribution in [1.82, 2.24) is 9.97 Å². The van der Waals surface area contributed by atoms with Crippen molar-refractivity contribution in [3.63, 3.8) is 0 Å². The van der Waals surface area contributed by atoms with Crippen LogP contribution in [0.5, 0.6) is 0 Å². The van der Waals surface area contributed by atoms with Gasteiger partial charge >= 0.3 is 6.03 Å². The lowest BCUT2D eigenvalue weighted by molar-refractivity contribution is 0.262. The number of amides is 2. The second-order valence-corrected chi connectivity index (χ2v) is 6.58. The minimum Gasteiger partial charge on any atom is -0.353 e. The molecule has 0 aliphatic rings. The summed E-state index contributed by atoms with van der Waals surface area (Å²) in [5, 5.41) is 6.78. The lowest BCUT2D eigenvalue weighted by Gasteiger charge is -2.10. The minimum absolute atomic E-state index is 0.313. The van der Waals surface area contributed by atoms with Crippen LogP contribution in [0.2, 0.25) is 0 Å². The molecule has 0 bridgehead atoms. The molecule has 0 aliphatic heterocycles. The summed E-state index contributed by atoms with van der Waals surface area (Å²) in [5.74, 6) is 0. The zero-order valence-corrected chi connectivity index (χ0v) is 15.2. The number of H-pyrrole nitrogens is 1. The third-order valence-electron chi connectivity index (χ3n) is 4.02. The Kier molecular flexibility index (Phi) is 4.41. The van der Waals surface area contributed by atoms with Gasteiger partial charge in [0, 0.05) is 33.3 Å². The van der Waals surface area contributed by atoms with Crippen molar-refractivity contribution in [3.8, 4) is 11.3 Å². The van der Waals surface area contributed by atoms with E-state index in [2.05, 4.69) is 36.5 Å². The Hall–Kier alpha value is -3.12. The van der Waals surface area contributed by atoms with E-state index in [4.69, 9.17) is 0 Å². The van der Waals surface area contributed by atoms with Crippen LogP contribution in [0.4, 0.5) is 16.2 Å². The van der Waals surface area contributed by atoms with E-state index < -0.39 is 0 Å². The average molecular weight is 407 g/mol. The highest BCUT2D eigenvalue weighted by Crippen LogP contribution is 2.34. The van der Waals surface area contributed by atoms with Gasteiger partial charge < -0.3 is 15.6 Å². The molecule has 0 fully saturated rings. The van der Waals surface area contributed by atoms with E-state index in [1.54, 1.807) is 12.4 Å². The number of urea groups is 1. The number of fused-ring (bicyclic) bond motifs is 1. The number of hydrogen-bond acceptors (Lipinski definition) is 2. The van der Waals surface area contributed by atoms with E-state index in [-0.39, 0.29) is 6.03 Å². The van der Waals surface area contributed by atoms with Gasteiger partial charge in [0.05, 0.1) is 17.1 Å². The Balaban J connectivity index is 1.71. The molecule has 0 unspecified atom stereocenters. The monoisotopic (exact) mass is 406 g/mol. The van der Waals surface area contributed by atoms with Crippen molar-refractivity contribution >= 4 is 44.2 Å². The number of aromatic amines is 1. The summed E-state index contributed by atoms with van der Waals surface area (Å²) in [7, 11) is 0. The molecule has 4 rings (SSSR count). The maximum absolute atomic E-state index is 12.6. The zero-order chi connectivity index (χ0) is 17.9. The van der Waals surface area contributed by atoms with E-state index in [9.17, 15) is 4.79 Å². The Bertz CT molecular complexity index is 1080. The molecular weight excluding hydrogens is 392 g/mol. The number of carbonyl (C=O) groups excluding carboxylic acids is 1. The van der Waals surface area contributed by atoms with Crippen LogP contribution >= 0.6 is 15.9 Å². The third-order valence-corrected chi connectivity index (χ3v) is 4.71. The summed E-state index contributed by atoms with van der Waals surface area (Å²) >= 11 is 3.44. The van der Waals surface area contributed by atoms with Gasteiger partial charge in [0.1, 0.15) is 0 Å². The minimum atomic E-state index is -0.313. The number of nitrogens with one attached hydrogen (secondary N) is 3. The first-order chi connectivity index (χ1) is 12.7. The Labute approximate surface area is 158 Å². The number of para-hydroxylation sites is 2. The predicted octanol–water partition coefficient (Wildman–Crippen LogP) is 5.64. The fourth-order valence-electron chi connectivity index (χ4n) is 2.83. The van der Waals surface area contributed by atoms with E-state index in [0.717, 1.165) is 32.3 Å². The van der Waals surface area contributed by atoms with Crippen molar-refractivity contribution in [1.29, 1.82) is 0 Å². The number of benzene rings is 2. The average Bonchev–Trinajstić information content (AvgIpc) is 3.03. The van der Waals surface area contributed by atoms with Gasteiger partial charge in [0.15, 0.2) is 0 Å². The van der Waals surface area contributed by atoms with Crippen molar-refractivity contribution < 1.29 is 4.79 Å². The number of anilines is 2. The van der Waals surface area contributed by atoms with Crippen LogP contribution in [0, 0.1) is 0 Å². The maximum Gasteiger partial charge on any atom is 0.323 e. The normalized spacial score (nSPS) is 10.7. The predicted molar refractivity (Wildman–Crippen MR) is 108 cm³/mol. The highest BCUT2D eigenvalue weighted by molar-refractivity contribution is 9.10. The third kappa shape index (κ3) is 3.19. The largest absolute Gasteiger partial charge is 0.353 e. The van der Waals surface area contributed by atoms with Crippen LogP contribution in [0.3, 0.4) is 0 Å². The fraction of sp³-hybridized carbons (Fsp3) is 0. The Morgan fingerprint density at radius 1 is 0.962 bits per heavy atom. The van der Waals surface area contributed by atoms with Gasteiger partial charge in [0.2, 0.25) is 0 Å². The summed E-state index contributed by atoms with van der Waals surface area (Å²) in [5.41, 5.74) is 4.09. The second-order valence-electron chi connectivity index (χ2n) is 5.72. The Morgan fingerprint density at radius 2 is 1.77 bits per heavy atom. The molecule has 0 aliphatic carbocycles. The molecule has 26 heavy (non-hydrogen) atoms. The van der Waals surface area contributed by atoms with Gasteiger partial charge in [-0.05, 0) is 46.3 Å². The number of rotatable bonds is 3. The molecule has 0 spiro atoms. The molecular formula is C20H15BrN4O. The molecule has 128 valence electrons. The van der Waals surface area contributed by atoms with Gasteiger partial charge in [-0.3, -0.25) is 4.98 Å².